The average molecular weight is 516 g/mol. The molecule has 1 amide bonds. The largest absolute Gasteiger partial charge is 0.332 e. The predicted molar refractivity (Wildman–Crippen MR) is 118 cm³/mol. The Labute approximate surface area is 177 Å². The molecule has 0 bridgehead atoms. The summed E-state index contributed by atoms with van der Waals surface area (Å²) in [5, 5.41) is 15.3. The maximum absolute atomic E-state index is 11.9. The Morgan fingerprint density at radius 1 is 1.04 bits per heavy atom. The zero-order valence-electron chi connectivity index (χ0n) is 13.0. The van der Waals surface area contributed by atoms with E-state index in [1.807, 2.05) is 30.3 Å². The van der Waals surface area contributed by atoms with Crippen molar-refractivity contribution in [3.63, 3.8) is 0 Å². The van der Waals surface area contributed by atoms with Gasteiger partial charge in [-0.25, -0.2) is 0 Å². The molecule has 3 aromatic rings. The molecule has 0 saturated carbocycles. The van der Waals surface area contributed by atoms with Crippen LogP contribution in [0.15, 0.2) is 47.8 Å². The molecule has 0 radical (unpaired) electrons. The summed E-state index contributed by atoms with van der Waals surface area (Å²) in [5.41, 5.74) is 2.52. The quantitative estimate of drug-likeness (QED) is 0.340. The summed E-state index contributed by atoms with van der Waals surface area (Å²) in [4.78, 5) is 11.9. The molecule has 0 aliphatic rings. The highest BCUT2D eigenvalue weighted by molar-refractivity contribution is 14.1. The van der Waals surface area contributed by atoms with Gasteiger partial charge in [0.05, 0.1) is 5.02 Å². The summed E-state index contributed by atoms with van der Waals surface area (Å²) < 4.78 is 4.64. The van der Waals surface area contributed by atoms with Crippen LogP contribution in [0.4, 0.5) is 17.1 Å². The van der Waals surface area contributed by atoms with Gasteiger partial charge in [0.25, 0.3) is 5.91 Å². The SMILES string of the molecule is O=C(Nc1ccc(NC(=S)Nc2ccc(I)c(Cl)c2)cc1)c1csnn1. The summed E-state index contributed by atoms with van der Waals surface area (Å²) in [5.74, 6) is -0.299. The van der Waals surface area contributed by atoms with Crippen LogP contribution in [-0.2, 0) is 0 Å². The molecule has 2 aromatic carbocycles. The molecule has 0 fully saturated rings. The molecular formula is C16H11ClIN5OS2. The standard InChI is InChI=1S/C16H11ClIN5OS2/c17-12-7-11(5-6-13(12)18)21-16(25)20-10-3-1-9(2-4-10)19-15(24)14-8-26-23-22-14/h1-8H,(H,19,24)(H2,20,21,25). The molecule has 6 nitrogen and oxygen atoms in total. The molecule has 26 heavy (non-hydrogen) atoms. The van der Waals surface area contributed by atoms with Gasteiger partial charge in [-0.2, -0.15) is 0 Å². The van der Waals surface area contributed by atoms with Crippen molar-refractivity contribution in [3.8, 4) is 0 Å². The summed E-state index contributed by atoms with van der Waals surface area (Å²) >= 11 is 14.7. The number of carbonyl (C=O) groups excluding carboxylic acids is 1. The molecule has 0 aliphatic carbocycles. The monoisotopic (exact) mass is 515 g/mol. The topological polar surface area (TPSA) is 78.9 Å². The fourth-order valence-corrected chi connectivity index (χ4v) is 3.15. The Hall–Kier alpha value is -1.82. The Morgan fingerprint density at radius 3 is 2.27 bits per heavy atom. The van der Waals surface area contributed by atoms with E-state index in [1.165, 1.54) is 0 Å². The average Bonchev–Trinajstić information content (AvgIpc) is 3.15. The van der Waals surface area contributed by atoms with Crippen LogP contribution in [0.3, 0.4) is 0 Å². The van der Waals surface area contributed by atoms with Crippen LogP contribution in [0.25, 0.3) is 0 Å². The first kappa shape index (κ1) is 19.0. The van der Waals surface area contributed by atoms with E-state index < -0.39 is 0 Å². The van der Waals surface area contributed by atoms with Crippen molar-refractivity contribution in [3.05, 3.63) is 62.1 Å². The second kappa shape index (κ2) is 8.71. The van der Waals surface area contributed by atoms with E-state index in [-0.39, 0.29) is 5.91 Å². The lowest BCUT2D eigenvalue weighted by Gasteiger charge is -2.12. The molecule has 1 aromatic heterocycles. The lowest BCUT2D eigenvalue weighted by molar-refractivity contribution is 0.102. The number of hydrogen-bond acceptors (Lipinski definition) is 5. The van der Waals surface area contributed by atoms with Gasteiger partial charge in [0.15, 0.2) is 10.8 Å². The summed E-state index contributed by atoms with van der Waals surface area (Å²) in [7, 11) is 0. The zero-order chi connectivity index (χ0) is 18.5. The molecule has 3 N–H and O–H groups in total. The number of aromatic nitrogens is 2. The molecule has 1 heterocycles. The maximum Gasteiger partial charge on any atom is 0.277 e. The van der Waals surface area contributed by atoms with Crippen LogP contribution in [-0.4, -0.2) is 20.6 Å². The van der Waals surface area contributed by atoms with Crippen molar-refractivity contribution >= 4 is 86.0 Å². The molecule has 3 rings (SSSR count). The van der Waals surface area contributed by atoms with Crippen LogP contribution < -0.4 is 16.0 Å². The van der Waals surface area contributed by atoms with Crippen molar-refractivity contribution in [1.29, 1.82) is 0 Å². The Kier molecular flexibility index (Phi) is 6.35. The van der Waals surface area contributed by atoms with Crippen molar-refractivity contribution in [1.82, 2.24) is 9.59 Å². The number of thiocarbonyl (C=S) groups is 1. The first-order valence-corrected chi connectivity index (χ1v) is 9.93. The van der Waals surface area contributed by atoms with Gasteiger partial charge in [-0.3, -0.25) is 4.79 Å². The smallest absolute Gasteiger partial charge is 0.277 e. The zero-order valence-corrected chi connectivity index (χ0v) is 17.5. The van der Waals surface area contributed by atoms with E-state index in [0.717, 1.165) is 26.5 Å². The van der Waals surface area contributed by atoms with Crippen LogP contribution in [0.2, 0.25) is 5.02 Å². The van der Waals surface area contributed by atoms with Crippen LogP contribution in [0.1, 0.15) is 10.5 Å². The van der Waals surface area contributed by atoms with Crippen LogP contribution in [0, 0.1) is 3.57 Å². The summed E-state index contributed by atoms with van der Waals surface area (Å²) in [6.07, 6.45) is 0. The molecule has 0 unspecified atom stereocenters. The minimum absolute atomic E-state index is 0.291. The van der Waals surface area contributed by atoms with Crippen molar-refractivity contribution in [2.24, 2.45) is 0 Å². The fourth-order valence-electron chi connectivity index (χ4n) is 1.96. The Bertz CT molecular complexity index is 934. The van der Waals surface area contributed by atoms with Crippen molar-refractivity contribution in [2.45, 2.75) is 0 Å². The highest BCUT2D eigenvalue weighted by atomic mass is 127. The van der Waals surface area contributed by atoms with E-state index in [4.69, 9.17) is 23.8 Å². The van der Waals surface area contributed by atoms with Gasteiger partial charge < -0.3 is 16.0 Å². The number of hydrogen-bond donors (Lipinski definition) is 3. The van der Waals surface area contributed by atoms with E-state index >= 15 is 0 Å². The van der Waals surface area contributed by atoms with Crippen LogP contribution in [0.5, 0.6) is 0 Å². The van der Waals surface area contributed by atoms with Gasteiger partial charge in [0.2, 0.25) is 0 Å². The molecule has 0 saturated heterocycles. The molecular weight excluding hydrogens is 505 g/mol. The predicted octanol–water partition coefficient (Wildman–Crippen LogP) is 4.86. The molecule has 10 heteroatoms. The minimum Gasteiger partial charge on any atom is -0.332 e. The third-order valence-electron chi connectivity index (χ3n) is 3.17. The fraction of sp³-hybridized carbons (Fsp3) is 0. The highest BCUT2D eigenvalue weighted by Crippen LogP contribution is 2.22. The number of nitrogens with one attached hydrogen (secondary N) is 3. The number of halogens is 2. The lowest BCUT2D eigenvalue weighted by Crippen LogP contribution is -2.19. The van der Waals surface area contributed by atoms with Gasteiger partial charge >= 0.3 is 0 Å². The van der Waals surface area contributed by atoms with E-state index in [1.54, 1.807) is 17.5 Å². The van der Waals surface area contributed by atoms with Crippen LogP contribution >= 0.6 is 57.9 Å². The number of amides is 1. The first-order chi connectivity index (χ1) is 12.5. The second-order valence-corrected chi connectivity index (χ2v) is 7.62. The Balaban J connectivity index is 1.57. The normalized spacial score (nSPS) is 10.2. The minimum atomic E-state index is -0.299. The van der Waals surface area contributed by atoms with Gasteiger partial charge in [-0.1, -0.05) is 16.1 Å². The highest BCUT2D eigenvalue weighted by Gasteiger charge is 2.09. The third-order valence-corrected chi connectivity index (χ3v) is 5.45. The van der Waals surface area contributed by atoms with E-state index in [9.17, 15) is 4.79 Å². The van der Waals surface area contributed by atoms with Gasteiger partial charge in [0, 0.05) is 26.0 Å². The molecule has 0 atom stereocenters. The second-order valence-electron chi connectivity index (χ2n) is 5.03. The van der Waals surface area contributed by atoms with Gasteiger partial charge in [-0.05, 0) is 88.8 Å². The van der Waals surface area contributed by atoms with Gasteiger partial charge in [-0.15, -0.1) is 5.10 Å². The molecule has 132 valence electrons. The summed E-state index contributed by atoms with van der Waals surface area (Å²) in [6, 6.07) is 12.8. The van der Waals surface area contributed by atoms with E-state index in [0.29, 0.717) is 21.5 Å². The number of rotatable bonds is 4. The number of nitrogens with zero attached hydrogens (tertiary/aromatic N) is 2. The first-order valence-electron chi connectivity index (χ1n) is 7.23. The maximum atomic E-state index is 11.9. The molecule has 0 aliphatic heterocycles. The molecule has 0 spiro atoms. The number of anilines is 3. The number of carbonyl (C=O) groups is 1. The van der Waals surface area contributed by atoms with Crippen molar-refractivity contribution in [2.75, 3.05) is 16.0 Å². The third kappa shape index (κ3) is 5.10. The number of benzene rings is 2. The summed E-state index contributed by atoms with van der Waals surface area (Å²) in [6.45, 7) is 0. The Morgan fingerprint density at radius 2 is 1.65 bits per heavy atom. The van der Waals surface area contributed by atoms with E-state index in [2.05, 4.69) is 48.1 Å². The van der Waals surface area contributed by atoms with Crippen molar-refractivity contribution < 1.29 is 4.79 Å². The van der Waals surface area contributed by atoms with Gasteiger partial charge in [0.1, 0.15) is 0 Å². The lowest BCUT2D eigenvalue weighted by atomic mass is 10.2.